The summed E-state index contributed by atoms with van der Waals surface area (Å²) in [5.41, 5.74) is -0.938. The summed E-state index contributed by atoms with van der Waals surface area (Å²) >= 11 is 0. The predicted octanol–water partition coefficient (Wildman–Crippen LogP) is 2.45. The first-order valence-corrected chi connectivity index (χ1v) is 7.80. The molecule has 1 N–H and O–H groups in total. The Hall–Kier alpha value is -1.43. The topological polar surface area (TPSA) is 58.4 Å². The molecule has 0 spiro atoms. The quantitative estimate of drug-likeness (QED) is 0.928. The number of hydrogen-bond donors (Lipinski definition) is 1. The summed E-state index contributed by atoms with van der Waals surface area (Å²) in [6, 6.07) is 1.90. The minimum atomic E-state index is -1.31. The summed E-state index contributed by atoms with van der Waals surface area (Å²) in [5, 5.41) is 6.60. The van der Waals surface area contributed by atoms with Crippen LogP contribution in [0.1, 0.15) is 45.1 Å². The van der Waals surface area contributed by atoms with Crippen LogP contribution in [0.15, 0.2) is 10.6 Å². The molecule has 2 heterocycles. The van der Waals surface area contributed by atoms with E-state index in [2.05, 4.69) is 15.4 Å². The highest BCUT2D eigenvalue weighted by Gasteiger charge is 2.36. The summed E-state index contributed by atoms with van der Waals surface area (Å²) in [4.78, 5) is 14.0. The summed E-state index contributed by atoms with van der Waals surface area (Å²) in [6.45, 7) is 9.43. The van der Waals surface area contributed by atoms with Gasteiger partial charge in [-0.2, -0.15) is 0 Å². The van der Waals surface area contributed by atoms with E-state index in [-0.39, 0.29) is 12.5 Å². The SMILES string of the molecule is Cc1cc(CN2CCC(F)(CNC(=O)C(C)(C)C)CC2)on1. The van der Waals surface area contributed by atoms with Crippen molar-refractivity contribution in [3.63, 3.8) is 0 Å². The number of amides is 1. The molecule has 1 aliphatic heterocycles. The van der Waals surface area contributed by atoms with E-state index in [0.717, 1.165) is 11.5 Å². The molecule has 1 aromatic heterocycles. The Kier molecular flexibility index (Phi) is 4.90. The number of aromatic nitrogens is 1. The Balaban J connectivity index is 1.79. The first kappa shape index (κ1) is 16.9. The lowest BCUT2D eigenvalue weighted by molar-refractivity contribution is -0.129. The number of aryl methyl sites for hydroxylation is 1. The van der Waals surface area contributed by atoms with Crippen molar-refractivity contribution in [1.29, 1.82) is 0 Å². The van der Waals surface area contributed by atoms with Gasteiger partial charge >= 0.3 is 0 Å². The second-order valence-corrected chi connectivity index (χ2v) is 7.29. The number of nitrogens with zero attached hydrogens (tertiary/aromatic N) is 2. The number of alkyl halides is 1. The maximum atomic E-state index is 14.8. The van der Waals surface area contributed by atoms with Gasteiger partial charge in [0, 0.05) is 24.6 Å². The van der Waals surface area contributed by atoms with Gasteiger partial charge in [-0.25, -0.2) is 4.39 Å². The highest BCUT2D eigenvalue weighted by molar-refractivity contribution is 5.81. The lowest BCUT2D eigenvalue weighted by Gasteiger charge is -2.36. The predicted molar refractivity (Wildman–Crippen MR) is 82.1 cm³/mol. The Labute approximate surface area is 131 Å². The van der Waals surface area contributed by atoms with Crippen LogP contribution in [-0.2, 0) is 11.3 Å². The molecule has 6 heteroatoms. The molecule has 22 heavy (non-hydrogen) atoms. The molecular formula is C16H26FN3O2. The monoisotopic (exact) mass is 311 g/mol. The maximum absolute atomic E-state index is 14.8. The number of piperidine rings is 1. The standard InChI is InChI=1S/C16H26FN3O2/c1-12-9-13(22-19-12)10-20-7-5-16(17,6-8-20)11-18-14(21)15(2,3)4/h9H,5-8,10-11H2,1-4H3,(H,18,21). The molecule has 0 aromatic carbocycles. The summed E-state index contributed by atoms with van der Waals surface area (Å²) in [5.74, 6) is 0.703. The van der Waals surface area contributed by atoms with Crippen molar-refractivity contribution >= 4 is 5.91 Å². The molecule has 1 saturated heterocycles. The largest absolute Gasteiger partial charge is 0.360 e. The minimum Gasteiger partial charge on any atom is -0.360 e. The van der Waals surface area contributed by atoms with E-state index in [1.807, 2.05) is 33.8 Å². The zero-order valence-electron chi connectivity index (χ0n) is 13.9. The van der Waals surface area contributed by atoms with Crippen molar-refractivity contribution in [3.05, 3.63) is 17.5 Å². The van der Waals surface area contributed by atoms with E-state index in [0.29, 0.717) is 32.5 Å². The zero-order chi connectivity index (χ0) is 16.4. The van der Waals surface area contributed by atoms with Gasteiger partial charge in [-0.3, -0.25) is 9.69 Å². The number of likely N-dealkylation sites (tertiary alicyclic amines) is 1. The smallest absolute Gasteiger partial charge is 0.225 e. The van der Waals surface area contributed by atoms with Crippen molar-refractivity contribution in [3.8, 4) is 0 Å². The van der Waals surface area contributed by atoms with E-state index in [9.17, 15) is 9.18 Å². The molecule has 1 aliphatic rings. The van der Waals surface area contributed by atoms with Crippen LogP contribution in [-0.4, -0.2) is 41.3 Å². The molecule has 2 rings (SSSR count). The molecule has 1 amide bonds. The fourth-order valence-electron chi connectivity index (χ4n) is 2.50. The minimum absolute atomic E-state index is 0.0956. The van der Waals surface area contributed by atoms with E-state index < -0.39 is 11.1 Å². The fourth-order valence-corrected chi connectivity index (χ4v) is 2.50. The molecule has 0 radical (unpaired) electrons. The van der Waals surface area contributed by atoms with Crippen molar-refractivity contribution in [2.75, 3.05) is 19.6 Å². The third kappa shape index (κ3) is 4.53. The van der Waals surface area contributed by atoms with Gasteiger partial charge in [-0.1, -0.05) is 25.9 Å². The number of nitrogens with one attached hydrogen (secondary N) is 1. The van der Waals surface area contributed by atoms with Crippen LogP contribution in [0.2, 0.25) is 0 Å². The van der Waals surface area contributed by atoms with Gasteiger partial charge in [0.15, 0.2) is 5.76 Å². The molecule has 5 nitrogen and oxygen atoms in total. The first-order chi connectivity index (χ1) is 10.2. The van der Waals surface area contributed by atoms with Gasteiger partial charge in [0.1, 0.15) is 5.67 Å². The normalized spacial score (nSPS) is 19.1. The van der Waals surface area contributed by atoms with Gasteiger partial charge in [0.2, 0.25) is 5.91 Å². The third-order valence-electron chi connectivity index (χ3n) is 4.06. The van der Waals surface area contributed by atoms with Crippen LogP contribution in [0.5, 0.6) is 0 Å². The summed E-state index contributed by atoms with van der Waals surface area (Å²) in [7, 11) is 0. The van der Waals surface area contributed by atoms with E-state index in [1.165, 1.54) is 0 Å². The van der Waals surface area contributed by atoms with Crippen LogP contribution < -0.4 is 5.32 Å². The van der Waals surface area contributed by atoms with E-state index in [4.69, 9.17) is 4.52 Å². The average molecular weight is 311 g/mol. The lowest BCUT2D eigenvalue weighted by atomic mass is 9.91. The highest BCUT2D eigenvalue weighted by atomic mass is 19.1. The van der Waals surface area contributed by atoms with Crippen LogP contribution in [0.3, 0.4) is 0 Å². The van der Waals surface area contributed by atoms with Crippen molar-refractivity contribution in [1.82, 2.24) is 15.4 Å². The van der Waals surface area contributed by atoms with Crippen LogP contribution in [0.25, 0.3) is 0 Å². The third-order valence-corrected chi connectivity index (χ3v) is 4.06. The van der Waals surface area contributed by atoms with Crippen molar-refractivity contribution in [2.24, 2.45) is 5.41 Å². The van der Waals surface area contributed by atoms with Gasteiger partial charge in [0.25, 0.3) is 0 Å². The molecular weight excluding hydrogens is 285 g/mol. The van der Waals surface area contributed by atoms with Crippen LogP contribution in [0.4, 0.5) is 4.39 Å². The Morgan fingerprint density at radius 1 is 1.45 bits per heavy atom. The molecule has 0 saturated carbocycles. The van der Waals surface area contributed by atoms with Gasteiger partial charge in [-0.05, 0) is 19.8 Å². The van der Waals surface area contributed by atoms with E-state index in [1.54, 1.807) is 0 Å². The molecule has 0 bridgehead atoms. The van der Waals surface area contributed by atoms with Gasteiger partial charge in [0.05, 0.1) is 18.8 Å². The first-order valence-electron chi connectivity index (χ1n) is 7.80. The average Bonchev–Trinajstić information content (AvgIpc) is 2.83. The summed E-state index contributed by atoms with van der Waals surface area (Å²) < 4.78 is 20.0. The van der Waals surface area contributed by atoms with E-state index >= 15 is 0 Å². The zero-order valence-corrected chi connectivity index (χ0v) is 13.9. The molecule has 0 atom stereocenters. The highest BCUT2D eigenvalue weighted by Crippen LogP contribution is 2.27. The van der Waals surface area contributed by atoms with Crippen molar-refractivity contribution in [2.45, 2.75) is 52.8 Å². The number of hydrogen-bond acceptors (Lipinski definition) is 4. The fraction of sp³-hybridized carbons (Fsp3) is 0.750. The van der Waals surface area contributed by atoms with Gasteiger partial charge < -0.3 is 9.84 Å². The number of rotatable bonds is 4. The Morgan fingerprint density at radius 2 is 2.09 bits per heavy atom. The molecule has 0 unspecified atom stereocenters. The van der Waals surface area contributed by atoms with Crippen LogP contribution >= 0.6 is 0 Å². The lowest BCUT2D eigenvalue weighted by Crippen LogP contribution is -2.49. The second kappa shape index (κ2) is 6.36. The second-order valence-electron chi connectivity index (χ2n) is 7.29. The maximum Gasteiger partial charge on any atom is 0.225 e. The molecule has 1 fully saturated rings. The molecule has 124 valence electrons. The number of halogens is 1. The molecule has 0 aliphatic carbocycles. The number of carbonyl (C=O) groups excluding carboxylic acids is 1. The van der Waals surface area contributed by atoms with Crippen molar-refractivity contribution < 1.29 is 13.7 Å². The molecule has 1 aromatic rings. The Morgan fingerprint density at radius 3 is 2.59 bits per heavy atom. The van der Waals surface area contributed by atoms with Crippen LogP contribution in [0, 0.1) is 12.3 Å². The Bertz CT molecular complexity index is 514. The van der Waals surface area contributed by atoms with Gasteiger partial charge in [-0.15, -0.1) is 0 Å². The number of carbonyl (C=O) groups is 1. The summed E-state index contributed by atoms with van der Waals surface area (Å²) in [6.07, 6.45) is 0.842.